The first-order valence-corrected chi connectivity index (χ1v) is 7.45. The van der Waals surface area contributed by atoms with Crippen LogP contribution >= 0.6 is 0 Å². The van der Waals surface area contributed by atoms with Crippen molar-refractivity contribution >= 4 is 12.0 Å². The molecule has 1 aromatic carbocycles. The second-order valence-corrected chi connectivity index (χ2v) is 5.58. The van der Waals surface area contributed by atoms with Gasteiger partial charge >= 0.3 is 12.0 Å². The van der Waals surface area contributed by atoms with E-state index in [1.54, 1.807) is 24.3 Å². The maximum absolute atomic E-state index is 12.0. The van der Waals surface area contributed by atoms with Crippen molar-refractivity contribution in [2.24, 2.45) is 5.92 Å². The molecule has 0 bridgehead atoms. The minimum Gasteiger partial charge on any atom is -0.479 e. The lowest BCUT2D eigenvalue weighted by Gasteiger charge is -2.20. The van der Waals surface area contributed by atoms with Crippen LogP contribution in [0.4, 0.5) is 4.79 Å². The van der Waals surface area contributed by atoms with Gasteiger partial charge in [-0.25, -0.2) is 9.59 Å². The Kier molecular flexibility index (Phi) is 5.20. The fourth-order valence-corrected chi connectivity index (χ4v) is 2.37. The molecule has 5 heteroatoms. The molecule has 1 aliphatic carbocycles. The Morgan fingerprint density at radius 2 is 1.90 bits per heavy atom. The van der Waals surface area contributed by atoms with Crippen LogP contribution in [0.25, 0.3) is 0 Å². The number of aliphatic carboxylic acids is 1. The normalized spacial score (nSPS) is 16.8. The van der Waals surface area contributed by atoms with Crippen LogP contribution < -0.4 is 10.6 Å². The van der Waals surface area contributed by atoms with Crippen molar-refractivity contribution in [1.82, 2.24) is 10.6 Å². The minimum atomic E-state index is -1.06. The van der Waals surface area contributed by atoms with E-state index in [0.29, 0.717) is 5.56 Å². The second-order valence-electron chi connectivity index (χ2n) is 5.58. The molecule has 1 fully saturated rings. The summed E-state index contributed by atoms with van der Waals surface area (Å²) in [5.41, 5.74) is 0.565. The number of nitrogens with one attached hydrogen (secondary N) is 2. The van der Waals surface area contributed by atoms with E-state index < -0.39 is 18.0 Å². The molecule has 0 aliphatic heterocycles. The molecule has 21 heavy (non-hydrogen) atoms. The number of carbonyl (C=O) groups excluding carboxylic acids is 1. The SMILES string of the molecule is CCC(CC1CC1)NC(=O)N[C@H](C(=O)O)c1ccccc1. The zero-order chi connectivity index (χ0) is 15.2. The molecule has 1 saturated carbocycles. The fraction of sp³-hybridized carbons (Fsp3) is 0.500. The maximum Gasteiger partial charge on any atom is 0.330 e. The summed E-state index contributed by atoms with van der Waals surface area (Å²) in [5.74, 6) is -0.341. The van der Waals surface area contributed by atoms with E-state index in [1.165, 1.54) is 12.8 Å². The van der Waals surface area contributed by atoms with Crippen LogP contribution in [-0.4, -0.2) is 23.1 Å². The van der Waals surface area contributed by atoms with Crippen LogP contribution in [0.2, 0.25) is 0 Å². The van der Waals surface area contributed by atoms with E-state index in [2.05, 4.69) is 10.6 Å². The Hall–Kier alpha value is -2.04. The number of hydrogen-bond acceptors (Lipinski definition) is 2. The number of urea groups is 1. The van der Waals surface area contributed by atoms with Gasteiger partial charge in [0.05, 0.1) is 0 Å². The lowest BCUT2D eigenvalue weighted by Crippen LogP contribution is -2.45. The Balaban J connectivity index is 1.93. The van der Waals surface area contributed by atoms with Gasteiger partial charge in [-0.15, -0.1) is 0 Å². The van der Waals surface area contributed by atoms with E-state index in [4.69, 9.17) is 0 Å². The van der Waals surface area contributed by atoms with E-state index in [1.807, 2.05) is 13.0 Å². The molecule has 2 rings (SSSR count). The standard InChI is InChI=1S/C16H22N2O3/c1-2-13(10-11-8-9-11)17-16(21)18-14(15(19)20)12-6-4-3-5-7-12/h3-7,11,13-14H,2,8-10H2,1H3,(H,19,20)(H2,17,18,21)/t13?,14-/m0/s1. The van der Waals surface area contributed by atoms with Gasteiger partial charge in [-0.1, -0.05) is 50.1 Å². The summed E-state index contributed by atoms with van der Waals surface area (Å²) in [6.07, 6.45) is 4.31. The topological polar surface area (TPSA) is 78.4 Å². The summed E-state index contributed by atoms with van der Waals surface area (Å²) in [4.78, 5) is 23.4. The highest BCUT2D eigenvalue weighted by Crippen LogP contribution is 2.34. The highest BCUT2D eigenvalue weighted by molar-refractivity contribution is 5.83. The molecule has 114 valence electrons. The number of rotatable bonds is 7. The van der Waals surface area contributed by atoms with Gasteiger partial charge in [0.15, 0.2) is 6.04 Å². The molecule has 2 amide bonds. The second kappa shape index (κ2) is 7.11. The Morgan fingerprint density at radius 1 is 1.24 bits per heavy atom. The lowest BCUT2D eigenvalue weighted by atomic mass is 10.1. The van der Waals surface area contributed by atoms with Crippen molar-refractivity contribution in [2.75, 3.05) is 0 Å². The van der Waals surface area contributed by atoms with Crippen LogP contribution in [0.1, 0.15) is 44.2 Å². The zero-order valence-electron chi connectivity index (χ0n) is 12.2. The van der Waals surface area contributed by atoms with Crippen molar-refractivity contribution in [1.29, 1.82) is 0 Å². The van der Waals surface area contributed by atoms with Crippen molar-refractivity contribution in [3.05, 3.63) is 35.9 Å². The predicted octanol–water partition coefficient (Wildman–Crippen LogP) is 2.69. The number of hydrogen-bond donors (Lipinski definition) is 3. The smallest absolute Gasteiger partial charge is 0.330 e. The number of amides is 2. The molecule has 3 N–H and O–H groups in total. The predicted molar refractivity (Wildman–Crippen MR) is 79.9 cm³/mol. The van der Waals surface area contributed by atoms with E-state index >= 15 is 0 Å². The minimum absolute atomic E-state index is 0.114. The number of benzene rings is 1. The summed E-state index contributed by atoms with van der Waals surface area (Å²) in [6, 6.07) is 7.39. The van der Waals surface area contributed by atoms with Gasteiger partial charge in [-0.3, -0.25) is 0 Å². The average Bonchev–Trinajstić information content (AvgIpc) is 3.28. The van der Waals surface area contributed by atoms with Crippen molar-refractivity contribution < 1.29 is 14.7 Å². The largest absolute Gasteiger partial charge is 0.479 e. The van der Waals surface area contributed by atoms with E-state index in [9.17, 15) is 14.7 Å². The molecule has 0 saturated heterocycles. The van der Waals surface area contributed by atoms with Gasteiger partial charge in [0.1, 0.15) is 0 Å². The summed E-state index contributed by atoms with van der Waals surface area (Å²) >= 11 is 0. The van der Waals surface area contributed by atoms with Crippen LogP contribution in [0.5, 0.6) is 0 Å². The van der Waals surface area contributed by atoms with Gasteiger partial charge in [-0.2, -0.15) is 0 Å². The molecule has 1 unspecified atom stereocenters. The first kappa shape index (κ1) is 15.4. The van der Waals surface area contributed by atoms with Crippen molar-refractivity contribution in [3.8, 4) is 0 Å². The summed E-state index contributed by atoms with van der Waals surface area (Å²) in [7, 11) is 0. The first-order chi connectivity index (χ1) is 10.1. The van der Waals surface area contributed by atoms with Crippen LogP contribution in [0.15, 0.2) is 30.3 Å². The first-order valence-electron chi connectivity index (χ1n) is 7.45. The lowest BCUT2D eigenvalue weighted by molar-refractivity contribution is -0.139. The summed E-state index contributed by atoms with van der Waals surface area (Å²) < 4.78 is 0. The Morgan fingerprint density at radius 3 is 2.43 bits per heavy atom. The van der Waals surface area contributed by atoms with Crippen molar-refractivity contribution in [3.63, 3.8) is 0 Å². The maximum atomic E-state index is 12.0. The molecular weight excluding hydrogens is 268 g/mol. The summed E-state index contributed by atoms with van der Waals surface area (Å²) in [5, 5.41) is 14.7. The molecule has 0 aromatic heterocycles. The van der Waals surface area contributed by atoms with Crippen LogP contribution in [0.3, 0.4) is 0 Å². The molecular formula is C16H22N2O3. The van der Waals surface area contributed by atoms with Gasteiger partial charge in [0, 0.05) is 6.04 Å². The molecule has 5 nitrogen and oxygen atoms in total. The summed E-state index contributed by atoms with van der Waals surface area (Å²) in [6.45, 7) is 2.03. The average molecular weight is 290 g/mol. The monoisotopic (exact) mass is 290 g/mol. The van der Waals surface area contributed by atoms with E-state index in [-0.39, 0.29) is 6.04 Å². The van der Waals surface area contributed by atoms with Gasteiger partial charge in [-0.05, 0) is 24.3 Å². The molecule has 0 heterocycles. The third kappa shape index (κ3) is 4.77. The highest BCUT2D eigenvalue weighted by Gasteiger charge is 2.27. The van der Waals surface area contributed by atoms with E-state index in [0.717, 1.165) is 18.8 Å². The molecule has 1 aliphatic rings. The van der Waals surface area contributed by atoms with Gasteiger partial charge in [0.2, 0.25) is 0 Å². The highest BCUT2D eigenvalue weighted by atomic mass is 16.4. The van der Waals surface area contributed by atoms with Crippen LogP contribution in [-0.2, 0) is 4.79 Å². The zero-order valence-corrected chi connectivity index (χ0v) is 12.2. The number of carboxylic acid groups (broad SMARTS) is 1. The number of carbonyl (C=O) groups is 2. The molecule has 0 radical (unpaired) electrons. The van der Waals surface area contributed by atoms with Gasteiger partial charge < -0.3 is 15.7 Å². The Bertz CT molecular complexity index is 486. The third-order valence-corrected chi connectivity index (χ3v) is 3.80. The molecule has 2 atom stereocenters. The quantitative estimate of drug-likeness (QED) is 0.722. The molecule has 1 aromatic rings. The van der Waals surface area contributed by atoms with Gasteiger partial charge in [0.25, 0.3) is 0 Å². The molecule has 0 spiro atoms. The van der Waals surface area contributed by atoms with Crippen molar-refractivity contribution in [2.45, 2.75) is 44.7 Å². The number of carboxylic acids is 1. The fourth-order valence-electron chi connectivity index (χ4n) is 2.37. The van der Waals surface area contributed by atoms with Crippen LogP contribution in [0, 0.1) is 5.92 Å². The third-order valence-electron chi connectivity index (χ3n) is 3.80. The Labute approximate surface area is 124 Å².